The fraction of sp³-hybridized carbons (Fsp3) is 0.360. The van der Waals surface area contributed by atoms with Gasteiger partial charge in [0.25, 0.3) is 5.91 Å². The molecule has 6 nitrogen and oxygen atoms in total. The first-order chi connectivity index (χ1) is 15.5. The van der Waals surface area contributed by atoms with E-state index in [0.29, 0.717) is 44.1 Å². The summed E-state index contributed by atoms with van der Waals surface area (Å²) in [5.41, 5.74) is 0.581. The van der Waals surface area contributed by atoms with E-state index >= 15 is 0 Å². The summed E-state index contributed by atoms with van der Waals surface area (Å²) < 4.78 is 24.6. The Morgan fingerprint density at radius 1 is 1.28 bits per heavy atom. The normalized spacial score (nSPS) is 19.7. The molecule has 0 bridgehead atoms. The summed E-state index contributed by atoms with van der Waals surface area (Å²) in [6, 6.07) is 13.5. The summed E-state index contributed by atoms with van der Waals surface area (Å²) >= 11 is 0. The van der Waals surface area contributed by atoms with Crippen LogP contribution in [0.4, 0.5) is 4.39 Å². The first kappa shape index (κ1) is 23.5. The number of aliphatic hydroxyl groups is 1. The summed E-state index contributed by atoms with van der Waals surface area (Å²) in [7, 11) is 0. The van der Waals surface area contributed by atoms with Gasteiger partial charge in [-0.2, -0.15) is 0 Å². The summed E-state index contributed by atoms with van der Waals surface area (Å²) in [6.45, 7) is 6.54. The van der Waals surface area contributed by atoms with Crippen molar-refractivity contribution >= 4 is 11.8 Å². The lowest BCUT2D eigenvalue weighted by Crippen LogP contribution is -2.51. The second-order valence-corrected chi connectivity index (χ2v) is 7.68. The number of hydrogen-bond acceptors (Lipinski definition) is 5. The molecule has 32 heavy (non-hydrogen) atoms. The van der Waals surface area contributed by atoms with Gasteiger partial charge in [-0.25, -0.2) is 9.38 Å². The third-order valence-electron chi connectivity index (χ3n) is 5.40. The minimum Gasteiger partial charge on any atom is -0.494 e. The second kappa shape index (κ2) is 10.9. The fourth-order valence-electron chi connectivity index (χ4n) is 3.53. The van der Waals surface area contributed by atoms with E-state index in [1.54, 1.807) is 30.3 Å². The zero-order valence-corrected chi connectivity index (χ0v) is 18.2. The molecule has 2 atom stereocenters. The van der Waals surface area contributed by atoms with Crippen molar-refractivity contribution in [3.05, 3.63) is 78.1 Å². The van der Waals surface area contributed by atoms with Crippen LogP contribution < -0.4 is 10.1 Å². The summed E-state index contributed by atoms with van der Waals surface area (Å²) in [5, 5.41) is 11.8. The number of amides is 1. The molecule has 2 N–H and O–H groups in total. The van der Waals surface area contributed by atoms with Crippen LogP contribution in [-0.2, 0) is 16.0 Å². The molecule has 0 aromatic heterocycles. The largest absolute Gasteiger partial charge is 0.494 e. The van der Waals surface area contributed by atoms with Crippen molar-refractivity contribution in [1.82, 2.24) is 5.32 Å². The van der Waals surface area contributed by atoms with Gasteiger partial charge in [0.15, 0.2) is 5.54 Å². The molecule has 0 aliphatic carbocycles. The standard InChI is InChI=1S/C25H29FN2O4/c1-3-14-25(24(30)27-15-13-19-5-9-21(26)10-6-19)18(2)32-23(28-25)20-7-11-22(12-8-20)31-17-4-16-29/h3,5-12,18,29H,1,4,13-17H2,2H3,(H,27,30)/t18-,25-/m1/s1. The molecule has 170 valence electrons. The molecule has 0 fully saturated rings. The van der Waals surface area contributed by atoms with Crippen molar-refractivity contribution in [2.45, 2.75) is 37.8 Å². The van der Waals surface area contributed by atoms with E-state index in [1.165, 1.54) is 12.1 Å². The van der Waals surface area contributed by atoms with E-state index in [-0.39, 0.29) is 18.3 Å². The highest BCUT2D eigenvalue weighted by molar-refractivity contribution is 6.00. The minimum absolute atomic E-state index is 0.0813. The lowest BCUT2D eigenvalue weighted by atomic mass is 9.89. The number of halogens is 1. The lowest BCUT2D eigenvalue weighted by molar-refractivity contribution is -0.128. The lowest BCUT2D eigenvalue weighted by Gasteiger charge is -2.26. The number of aliphatic imine (C=N–C) groups is 1. The third kappa shape index (κ3) is 5.53. The average Bonchev–Trinajstić information content (AvgIpc) is 3.13. The Kier molecular flexibility index (Phi) is 8.00. The SMILES string of the molecule is C=CC[C@@]1(C(=O)NCCc2ccc(F)cc2)N=C(c2ccc(OCCCO)cc2)O[C@@H]1C. The zero-order valence-electron chi connectivity index (χ0n) is 18.2. The predicted molar refractivity (Wildman–Crippen MR) is 121 cm³/mol. The molecular weight excluding hydrogens is 411 g/mol. The Morgan fingerprint density at radius 3 is 2.66 bits per heavy atom. The molecule has 2 aromatic carbocycles. The van der Waals surface area contributed by atoms with Crippen molar-refractivity contribution in [1.29, 1.82) is 0 Å². The van der Waals surface area contributed by atoms with E-state index in [9.17, 15) is 9.18 Å². The number of hydrogen-bond donors (Lipinski definition) is 2. The Bertz CT molecular complexity index is 943. The second-order valence-electron chi connectivity index (χ2n) is 7.68. The molecule has 0 spiro atoms. The predicted octanol–water partition coefficient (Wildman–Crippen LogP) is 3.43. The molecule has 3 rings (SSSR count). The van der Waals surface area contributed by atoms with Gasteiger partial charge in [-0.3, -0.25) is 4.79 Å². The highest BCUT2D eigenvalue weighted by Crippen LogP contribution is 2.32. The molecule has 2 aromatic rings. The van der Waals surface area contributed by atoms with Gasteiger partial charge >= 0.3 is 0 Å². The van der Waals surface area contributed by atoms with E-state index in [4.69, 9.17) is 19.6 Å². The maximum Gasteiger partial charge on any atom is 0.252 e. The Balaban J connectivity index is 1.69. The quantitative estimate of drug-likeness (QED) is 0.415. The van der Waals surface area contributed by atoms with Gasteiger partial charge in [0, 0.05) is 31.6 Å². The number of rotatable bonds is 11. The van der Waals surface area contributed by atoms with Crippen LogP contribution in [0.1, 0.15) is 30.9 Å². The number of aliphatic hydroxyl groups excluding tert-OH is 1. The molecule has 7 heteroatoms. The Hall–Kier alpha value is -3.19. The van der Waals surface area contributed by atoms with E-state index in [2.05, 4.69) is 11.9 Å². The van der Waals surface area contributed by atoms with Gasteiger partial charge in [-0.05, 0) is 55.3 Å². The van der Waals surface area contributed by atoms with Gasteiger partial charge in [0.05, 0.1) is 6.61 Å². The minimum atomic E-state index is -1.10. The van der Waals surface area contributed by atoms with Crippen molar-refractivity contribution in [2.75, 3.05) is 19.8 Å². The van der Waals surface area contributed by atoms with Crippen molar-refractivity contribution in [3.8, 4) is 5.75 Å². The molecule has 0 saturated heterocycles. The fourth-order valence-corrected chi connectivity index (χ4v) is 3.53. The molecule has 0 saturated carbocycles. The number of benzene rings is 2. The monoisotopic (exact) mass is 440 g/mol. The molecule has 0 radical (unpaired) electrons. The first-order valence-electron chi connectivity index (χ1n) is 10.7. The summed E-state index contributed by atoms with van der Waals surface area (Å²) in [6.07, 6.45) is 2.68. The van der Waals surface area contributed by atoms with Crippen molar-refractivity contribution in [2.24, 2.45) is 4.99 Å². The number of carbonyl (C=O) groups is 1. The zero-order chi connectivity index (χ0) is 23.0. The van der Waals surface area contributed by atoms with Crippen LogP contribution in [0.2, 0.25) is 0 Å². The van der Waals surface area contributed by atoms with E-state index < -0.39 is 11.6 Å². The maximum atomic E-state index is 13.1. The third-order valence-corrected chi connectivity index (χ3v) is 5.40. The highest BCUT2D eigenvalue weighted by atomic mass is 19.1. The Labute approximate surface area is 187 Å². The number of nitrogens with one attached hydrogen (secondary N) is 1. The maximum absolute atomic E-state index is 13.1. The number of carbonyl (C=O) groups excluding carboxylic acids is 1. The molecular formula is C25H29FN2O4. The molecule has 1 aliphatic rings. The summed E-state index contributed by atoms with van der Waals surface area (Å²) in [4.78, 5) is 17.8. The van der Waals surface area contributed by atoms with Crippen LogP contribution in [0.3, 0.4) is 0 Å². The van der Waals surface area contributed by atoms with Crippen LogP contribution in [0.25, 0.3) is 0 Å². The highest BCUT2D eigenvalue weighted by Gasteiger charge is 2.49. The topological polar surface area (TPSA) is 80.2 Å². The number of nitrogens with zero attached hydrogens (tertiary/aromatic N) is 1. The van der Waals surface area contributed by atoms with E-state index in [0.717, 1.165) is 11.1 Å². The summed E-state index contributed by atoms with van der Waals surface area (Å²) in [5.74, 6) is 0.567. The van der Waals surface area contributed by atoms with Gasteiger partial charge in [0.2, 0.25) is 5.90 Å². The molecule has 1 amide bonds. The molecule has 1 heterocycles. The van der Waals surface area contributed by atoms with Crippen LogP contribution in [0.5, 0.6) is 5.75 Å². The van der Waals surface area contributed by atoms with Gasteiger partial charge < -0.3 is 19.9 Å². The van der Waals surface area contributed by atoms with Crippen LogP contribution in [-0.4, -0.2) is 48.3 Å². The smallest absolute Gasteiger partial charge is 0.252 e. The van der Waals surface area contributed by atoms with Gasteiger partial charge in [0.1, 0.15) is 17.7 Å². The number of ether oxygens (including phenoxy) is 2. The van der Waals surface area contributed by atoms with Gasteiger partial charge in [-0.1, -0.05) is 18.2 Å². The van der Waals surface area contributed by atoms with Crippen molar-refractivity contribution in [3.63, 3.8) is 0 Å². The Morgan fingerprint density at radius 2 is 2.00 bits per heavy atom. The molecule has 0 unspecified atom stereocenters. The molecule has 1 aliphatic heterocycles. The van der Waals surface area contributed by atoms with E-state index in [1.807, 2.05) is 19.1 Å². The first-order valence-corrected chi connectivity index (χ1v) is 10.7. The van der Waals surface area contributed by atoms with Crippen LogP contribution >= 0.6 is 0 Å². The average molecular weight is 441 g/mol. The van der Waals surface area contributed by atoms with Crippen LogP contribution in [0, 0.1) is 5.82 Å². The van der Waals surface area contributed by atoms with Crippen LogP contribution in [0.15, 0.2) is 66.2 Å². The van der Waals surface area contributed by atoms with Gasteiger partial charge in [-0.15, -0.1) is 6.58 Å². The van der Waals surface area contributed by atoms with Crippen molar-refractivity contribution < 1.29 is 23.8 Å².